The molecule has 0 heterocycles. The van der Waals surface area contributed by atoms with Crippen LogP contribution in [0.1, 0.15) is 0 Å². The predicted molar refractivity (Wildman–Crippen MR) is 47.2 cm³/mol. The van der Waals surface area contributed by atoms with Gasteiger partial charge in [-0.25, -0.2) is 0 Å². The first-order valence-electron chi connectivity index (χ1n) is 4.00. The summed E-state index contributed by atoms with van der Waals surface area (Å²) in [5.74, 6) is 0. The fourth-order valence-corrected chi connectivity index (χ4v) is 0.867. The van der Waals surface area contributed by atoms with Crippen LogP contribution in [0, 0.1) is 0 Å². The second kappa shape index (κ2) is 4.75. The lowest BCUT2D eigenvalue weighted by atomic mass is 10.2. The number of nitrogens with zero attached hydrogens (tertiary/aromatic N) is 2. The highest BCUT2D eigenvalue weighted by molar-refractivity contribution is 5.99. The predicted octanol–water partition coefficient (Wildman–Crippen LogP) is 2.63. The average molecular weight is 248 g/mol. The molecular formula is C8H10F6N2. The smallest absolute Gasteiger partial charge is 0.374 e. The normalized spacial score (nSPS) is 15.3. The maximum atomic E-state index is 12.3. The zero-order valence-corrected chi connectivity index (χ0v) is 8.74. The molecule has 0 aliphatic rings. The van der Waals surface area contributed by atoms with E-state index in [4.69, 9.17) is 0 Å². The van der Waals surface area contributed by atoms with E-state index in [-0.39, 0.29) is 6.08 Å². The fourth-order valence-electron chi connectivity index (χ4n) is 0.867. The van der Waals surface area contributed by atoms with E-state index in [0.29, 0.717) is 4.90 Å². The Hall–Kier alpha value is -1.21. The Balaban J connectivity index is 5.39. The van der Waals surface area contributed by atoms with Crippen LogP contribution in [0.15, 0.2) is 16.8 Å². The lowest BCUT2D eigenvalue weighted by molar-refractivity contribution is -0.107. The van der Waals surface area contributed by atoms with Crippen LogP contribution in [0.5, 0.6) is 0 Å². The van der Waals surface area contributed by atoms with Crippen molar-refractivity contribution in [1.29, 1.82) is 0 Å². The zero-order chi connectivity index (χ0) is 13.1. The van der Waals surface area contributed by atoms with Crippen molar-refractivity contribution in [1.82, 2.24) is 4.90 Å². The van der Waals surface area contributed by atoms with E-state index < -0.39 is 23.8 Å². The second-order valence-electron chi connectivity index (χ2n) is 3.03. The summed E-state index contributed by atoms with van der Waals surface area (Å²) in [6.45, 7) is 0. The molecule has 0 atom stereocenters. The summed E-state index contributed by atoms with van der Waals surface area (Å²) in [5, 5.41) is 0. The van der Waals surface area contributed by atoms with Gasteiger partial charge >= 0.3 is 12.4 Å². The Morgan fingerprint density at radius 3 is 1.62 bits per heavy atom. The molecule has 94 valence electrons. The number of hydrogen-bond acceptors (Lipinski definition) is 2. The number of halogens is 6. The molecule has 0 spiro atoms. The molecule has 2 nitrogen and oxygen atoms in total. The Kier molecular flexibility index (Phi) is 4.39. The molecule has 0 aromatic carbocycles. The molecule has 0 radical (unpaired) electrons. The number of alkyl halides is 6. The SMILES string of the molecule is C/N=C(/C=C(\N(C)C)C(F)(F)F)C(F)(F)F. The van der Waals surface area contributed by atoms with Crippen molar-refractivity contribution in [3.63, 3.8) is 0 Å². The lowest BCUT2D eigenvalue weighted by Crippen LogP contribution is -2.29. The van der Waals surface area contributed by atoms with Crippen molar-refractivity contribution in [2.75, 3.05) is 21.1 Å². The highest BCUT2D eigenvalue weighted by atomic mass is 19.4. The van der Waals surface area contributed by atoms with Gasteiger partial charge in [0.15, 0.2) is 0 Å². The quantitative estimate of drug-likeness (QED) is 0.541. The van der Waals surface area contributed by atoms with Gasteiger partial charge in [-0.2, -0.15) is 26.3 Å². The first kappa shape index (κ1) is 14.8. The number of allylic oxidation sites excluding steroid dienone is 2. The molecule has 0 aliphatic carbocycles. The largest absolute Gasteiger partial charge is 0.432 e. The van der Waals surface area contributed by atoms with Crippen LogP contribution in [0.3, 0.4) is 0 Å². The number of rotatable bonds is 2. The monoisotopic (exact) mass is 248 g/mol. The topological polar surface area (TPSA) is 15.6 Å². The van der Waals surface area contributed by atoms with Crippen LogP contribution >= 0.6 is 0 Å². The minimum atomic E-state index is -4.90. The Morgan fingerprint density at radius 1 is 1.00 bits per heavy atom. The van der Waals surface area contributed by atoms with Gasteiger partial charge in [-0.1, -0.05) is 0 Å². The van der Waals surface area contributed by atoms with Gasteiger partial charge in [0.2, 0.25) is 0 Å². The zero-order valence-electron chi connectivity index (χ0n) is 8.74. The molecule has 0 N–H and O–H groups in total. The molecule has 0 saturated heterocycles. The van der Waals surface area contributed by atoms with Crippen molar-refractivity contribution < 1.29 is 26.3 Å². The summed E-state index contributed by atoms with van der Waals surface area (Å²) in [4.78, 5) is 3.34. The first-order chi connectivity index (χ1) is 7.00. The Bertz CT molecular complexity index is 297. The average Bonchev–Trinajstić information content (AvgIpc) is 1.99. The summed E-state index contributed by atoms with van der Waals surface area (Å²) in [5.41, 5.74) is -2.99. The molecule has 0 unspecified atom stereocenters. The van der Waals surface area contributed by atoms with E-state index >= 15 is 0 Å². The fraction of sp³-hybridized carbons (Fsp3) is 0.625. The highest BCUT2D eigenvalue weighted by Crippen LogP contribution is 2.29. The van der Waals surface area contributed by atoms with E-state index in [1.807, 2.05) is 0 Å². The lowest BCUT2D eigenvalue weighted by Gasteiger charge is -2.20. The third-order valence-corrected chi connectivity index (χ3v) is 1.58. The van der Waals surface area contributed by atoms with Gasteiger partial charge in [0.05, 0.1) is 0 Å². The van der Waals surface area contributed by atoms with Gasteiger partial charge in [-0.15, -0.1) is 0 Å². The molecule has 0 bridgehead atoms. The summed E-state index contributed by atoms with van der Waals surface area (Å²) in [6.07, 6.45) is -9.79. The molecule has 8 heteroatoms. The maximum absolute atomic E-state index is 12.3. The van der Waals surface area contributed by atoms with Crippen molar-refractivity contribution in [2.24, 2.45) is 4.99 Å². The van der Waals surface area contributed by atoms with Crippen molar-refractivity contribution in [3.05, 3.63) is 11.8 Å². The van der Waals surface area contributed by atoms with Crippen LogP contribution < -0.4 is 0 Å². The van der Waals surface area contributed by atoms with E-state index in [9.17, 15) is 26.3 Å². The summed E-state index contributed by atoms with van der Waals surface area (Å²) in [6, 6.07) is 0. The van der Waals surface area contributed by atoms with Gasteiger partial charge < -0.3 is 4.90 Å². The third kappa shape index (κ3) is 4.11. The van der Waals surface area contributed by atoms with Crippen molar-refractivity contribution >= 4 is 5.71 Å². The van der Waals surface area contributed by atoms with Crippen molar-refractivity contribution in [3.8, 4) is 0 Å². The standard InChI is InChI=1S/C8H10F6N2/c1-15-5(7(9,10)11)4-6(16(2)3)8(12,13)14/h4H,1-3H3/b6-4-,15-5-. The second-order valence-corrected chi connectivity index (χ2v) is 3.03. The van der Waals surface area contributed by atoms with E-state index in [0.717, 1.165) is 21.1 Å². The van der Waals surface area contributed by atoms with E-state index in [1.165, 1.54) is 0 Å². The van der Waals surface area contributed by atoms with Gasteiger partial charge in [0, 0.05) is 21.1 Å². The molecular weight excluding hydrogens is 238 g/mol. The van der Waals surface area contributed by atoms with Gasteiger partial charge in [0.1, 0.15) is 11.4 Å². The van der Waals surface area contributed by atoms with Gasteiger partial charge in [-0.05, 0) is 6.08 Å². The Morgan fingerprint density at radius 2 is 1.44 bits per heavy atom. The van der Waals surface area contributed by atoms with Crippen LogP contribution in [-0.2, 0) is 0 Å². The maximum Gasteiger partial charge on any atom is 0.432 e. The summed E-state index contributed by atoms with van der Waals surface area (Å²) in [7, 11) is 2.79. The molecule has 0 aromatic heterocycles. The van der Waals surface area contributed by atoms with Gasteiger partial charge in [0.25, 0.3) is 0 Å². The molecule has 0 saturated carbocycles. The summed E-state index contributed by atoms with van der Waals surface area (Å²) < 4.78 is 73.5. The number of hydrogen-bond donors (Lipinski definition) is 0. The highest BCUT2D eigenvalue weighted by Gasteiger charge is 2.40. The number of aliphatic imine (C=N–C) groups is 1. The minimum Gasteiger partial charge on any atom is -0.374 e. The Labute approximate surface area is 88.3 Å². The molecule has 16 heavy (non-hydrogen) atoms. The van der Waals surface area contributed by atoms with Crippen LogP contribution in [0.2, 0.25) is 0 Å². The van der Waals surface area contributed by atoms with Crippen LogP contribution in [0.25, 0.3) is 0 Å². The molecule has 0 aliphatic heterocycles. The van der Waals surface area contributed by atoms with E-state index in [1.54, 1.807) is 0 Å². The van der Waals surface area contributed by atoms with Crippen molar-refractivity contribution in [2.45, 2.75) is 12.4 Å². The van der Waals surface area contributed by atoms with Crippen LogP contribution in [0.4, 0.5) is 26.3 Å². The van der Waals surface area contributed by atoms with Gasteiger partial charge in [-0.3, -0.25) is 4.99 Å². The van der Waals surface area contributed by atoms with E-state index in [2.05, 4.69) is 4.99 Å². The minimum absolute atomic E-state index is 0.0278. The molecule has 0 rings (SSSR count). The third-order valence-electron chi connectivity index (χ3n) is 1.58. The van der Waals surface area contributed by atoms with Crippen LogP contribution in [-0.4, -0.2) is 44.1 Å². The first-order valence-corrected chi connectivity index (χ1v) is 4.00. The molecule has 0 fully saturated rings. The summed E-state index contributed by atoms with van der Waals surface area (Å²) >= 11 is 0. The molecule has 0 amide bonds. The molecule has 0 aromatic rings.